The number of carbonyl (C=O) groups is 2. The average Bonchev–Trinajstić information content (AvgIpc) is 4.05. The molecule has 6 N–H and O–H groups in total. The Kier molecular flexibility index (Phi) is 13.5. The zero-order valence-corrected chi connectivity index (χ0v) is 33.7. The molecule has 0 bridgehead atoms. The van der Waals surface area contributed by atoms with E-state index < -0.39 is 46.5 Å². The summed E-state index contributed by atoms with van der Waals surface area (Å²) < 4.78 is 57.0. The van der Waals surface area contributed by atoms with E-state index in [1.807, 2.05) is 38.1 Å². The fraction of sp³-hybridized carbons (Fsp3) is 0.316. The zero-order chi connectivity index (χ0) is 39.4. The molecule has 0 aromatic heterocycles. The fourth-order valence-electron chi connectivity index (χ4n) is 5.21. The largest absolute Gasteiger partial charge is 0.390 e. The van der Waals surface area contributed by atoms with Crippen LogP contribution in [-0.4, -0.2) is 40.0 Å². The van der Waals surface area contributed by atoms with Gasteiger partial charge in [-0.15, -0.1) is 0 Å². The Labute approximate surface area is 336 Å². The van der Waals surface area contributed by atoms with Crippen molar-refractivity contribution in [1.29, 1.82) is 0 Å². The van der Waals surface area contributed by atoms with Crippen molar-refractivity contribution in [3.8, 4) is 0 Å². The van der Waals surface area contributed by atoms with Gasteiger partial charge in [-0.3, -0.25) is 14.4 Å². The molecule has 1 unspecified atom stereocenters. The SMILES string of the molecule is Cc1cc(I)ccc1Nc1cc(F)c(F)cc1C(=O)NOC(C)(O)C1CC1.Cc1cc(I)ccc1Nc1cc(F)c(F)cc1C(=O)NOCCC1(O)CC1. The first-order chi connectivity index (χ1) is 25.4. The monoisotopic (exact) mass is 976 g/mol. The summed E-state index contributed by atoms with van der Waals surface area (Å²) in [5, 5.41) is 25.8. The summed E-state index contributed by atoms with van der Waals surface area (Å²) in [5.41, 5.74) is 6.75. The number of aliphatic hydroxyl groups is 2. The highest BCUT2D eigenvalue weighted by atomic mass is 127. The van der Waals surface area contributed by atoms with Crippen molar-refractivity contribution in [2.24, 2.45) is 5.92 Å². The Bertz CT molecular complexity index is 2050. The number of amides is 2. The topological polar surface area (TPSA) is 141 Å². The third-order valence-corrected chi connectivity index (χ3v) is 10.2. The van der Waals surface area contributed by atoms with Gasteiger partial charge in [0.25, 0.3) is 11.8 Å². The van der Waals surface area contributed by atoms with Crippen LogP contribution in [-0.2, 0) is 9.68 Å². The first-order valence-corrected chi connectivity index (χ1v) is 19.0. The lowest BCUT2D eigenvalue weighted by molar-refractivity contribution is -0.230. The van der Waals surface area contributed by atoms with Crippen molar-refractivity contribution < 1.29 is 47.0 Å². The Morgan fingerprint density at radius 3 is 1.63 bits per heavy atom. The molecule has 10 nitrogen and oxygen atoms in total. The lowest BCUT2D eigenvalue weighted by atomic mass is 10.1. The third-order valence-electron chi connectivity index (χ3n) is 8.87. The molecule has 2 amide bonds. The van der Waals surface area contributed by atoms with E-state index in [-0.39, 0.29) is 35.0 Å². The van der Waals surface area contributed by atoms with Crippen LogP contribution in [0.15, 0.2) is 60.7 Å². The molecule has 4 aromatic rings. The molecule has 54 heavy (non-hydrogen) atoms. The second-order valence-corrected chi connectivity index (χ2v) is 15.9. The summed E-state index contributed by atoms with van der Waals surface area (Å²) in [4.78, 5) is 35.0. The number of hydroxylamine groups is 2. The summed E-state index contributed by atoms with van der Waals surface area (Å²) in [6, 6.07) is 14.6. The minimum Gasteiger partial charge on any atom is -0.390 e. The molecule has 0 heterocycles. The minimum absolute atomic E-state index is 0.0604. The van der Waals surface area contributed by atoms with E-state index in [9.17, 15) is 37.4 Å². The van der Waals surface area contributed by atoms with Gasteiger partial charge in [-0.1, -0.05) is 0 Å². The van der Waals surface area contributed by atoms with E-state index in [2.05, 4.69) is 66.8 Å². The molecule has 6 rings (SSSR count). The van der Waals surface area contributed by atoms with Crippen LogP contribution in [0.1, 0.15) is 70.9 Å². The molecule has 2 fully saturated rings. The molecule has 0 aliphatic heterocycles. The lowest BCUT2D eigenvalue weighted by Crippen LogP contribution is -2.40. The molecular weight excluding hydrogens is 938 g/mol. The van der Waals surface area contributed by atoms with Gasteiger partial charge in [0.1, 0.15) is 0 Å². The highest BCUT2D eigenvalue weighted by Crippen LogP contribution is 2.40. The lowest BCUT2D eigenvalue weighted by Gasteiger charge is -2.23. The number of anilines is 4. The Hall–Kier alpha value is -3.56. The summed E-state index contributed by atoms with van der Waals surface area (Å²) in [5.74, 6) is -7.49. The molecule has 2 aliphatic rings. The number of hydrogen-bond acceptors (Lipinski definition) is 8. The molecule has 0 radical (unpaired) electrons. The maximum Gasteiger partial charge on any atom is 0.277 e. The van der Waals surface area contributed by atoms with E-state index in [1.165, 1.54) is 6.92 Å². The predicted molar refractivity (Wildman–Crippen MR) is 211 cm³/mol. The van der Waals surface area contributed by atoms with E-state index >= 15 is 0 Å². The van der Waals surface area contributed by atoms with E-state index in [0.29, 0.717) is 17.8 Å². The number of aryl methyl sites for hydroxylation is 2. The highest BCUT2D eigenvalue weighted by molar-refractivity contribution is 14.1. The fourth-order valence-corrected chi connectivity index (χ4v) is 6.51. The maximum absolute atomic E-state index is 13.8. The summed E-state index contributed by atoms with van der Waals surface area (Å²) >= 11 is 4.34. The average molecular weight is 977 g/mol. The van der Waals surface area contributed by atoms with Crippen LogP contribution in [0.4, 0.5) is 40.3 Å². The third kappa shape index (κ3) is 11.2. The van der Waals surface area contributed by atoms with Gasteiger partial charge < -0.3 is 20.8 Å². The molecule has 2 aliphatic carbocycles. The van der Waals surface area contributed by atoms with Crippen LogP contribution >= 0.6 is 45.2 Å². The normalized spacial score (nSPS) is 15.3. The standard InChI is InChI=1S/2C19H19F2IN2O3/c1-10-7-12(22)5-6-16(10)23-17-9-15(21)14(20)8-13(17)18(25)24-27-19(2,26)11-3-4-11;1-11-8-12(22)2-3-16(11)23-17-10-15(21)14(20)9-13(17)18(25)24-27-7-6-19(26)4-5-19/h5-9,11,23,26H,3-4H2,1-2H3,(H,24,25);2-3,8-10,23,26H,4-7H2,1H3,(H,24,25). The summed E-state index contributed by atoms with van der Waals surface area (Å²) in [7, 11) is 0. The minimum atomic E-state index is -1.51. The van der Waals surface area contributed by atoms with Gasteiger partial charge in [0.15, 0.2) is 29.1 Å². The Morgan fingerprint density at radius 1 is 0.759 bits per heavy atom. The van der Waals surface area contributed by atoms with Gasteiger partial charge in [0.05, 0.1) is 34.7 Å². The number of benzene rings is 4. The molecule has 288 valence electrons. The van der Waals surface area contributed by atoms with Crippen molar-refractivity contribution in [2.45, 2.75) is 64.3 Å². The number of carbonyl (C=O) groups excluding carboxylic acids is 2. The van der Waals surface area contributed by atoms with Crippen LogP contribution in [0, 0.1) is 50.2 Å². The van der Waals surface area contributed by atoms with Crippen molar-refractivity contribution >= 4 is 79.7 Å². The van der Waals surface area contributed by atoms with E-state index in [1.54, 1.807) is 12.1 Å². The Morgan fingerprint density at radius 2 is 1.20 bits per heavy atom. The van der Waals surface area contributed by atoms with Crippen molar-refractivity contribution in [3.63, 3.8) is 0 Å². The first kappa shape index (κ1) is 41.6. The van der Waals surface area contributed by atoms with Crippen LogP contribution in [0.3, 0.4) is 0 Å². The van der Waals surface area contributed by atoms with E-state index in [0.717, 1.165) is 68.2 Å². The second-order valence-electron chi connectivity index (χ2n) is 13.4. The van der Waals surface area contributed by atoms with Crippen molar-refractivity contribution in [2.75, 3.05) is 17.2 Å². The van der Waals surface area contributed by atoms with Gasteiger partial charge >= 0.3 is 0 Å². The maximum atomic E-state index is 13.8. The number of halogens is 6. The van der Waals surface area contributed by atoms with E-state index in [4.69, 9.17) is 9.68 Å². The molecule has 1 atom stereocenters. The molecule has 0 saturated heterocycles. The first-order valence-electron chi connectivity index (χ1n) is 16.8. The number of rotatable bonds is 13. The quantitative estimate of drug-likeness (QED) is 0.0258. The van der Waals surface area contributed by atoms with Crippen molar-refractivity contribution in [1.82, 2.24) is 11.0 Å². The van der Waals surface area contributed by atoms with Gasteiger partial charge in [-0.2, -0.15) is 0 Å². The summed E-state index contributed by atoms with van der Waals surface area (Å²) in [6.07, 6.45) is 3.44. The van der Waals surface area contributed by atoms with Crippen LogP contribution < -0.4 is 21.6 Å². The van der Waals surface area contributed by atoms with Gasteiger partial charge in [-0.05, 0) is 151 Å². The van der Waals surface area contributed by atoms with Gasteiger partial charge in [0.2, 0.25) is 0 Å². The van der Waals surface area contributed by atoms with Crippen LogP contribution in [0.25, 0.3) is 0 Å². The van der Waals surface area contributed by atoms with Crippen molar-refractivity contribution in [3.05, 3.63) is 113 Å². The highest BCUT2D eigenvalue weighted by Gasteiger charge is 2.42. The molecule has 0 spiro atoms. The molecule has 2 saturated carbocycles. The smallest absolute Gasteiger partial charge is 0.277 e. The predicted octanol–water partition coefficient (Wildman–Crippen LogP) is 8.60. The molecule has 4 aromatic carbocycles. The van der Waals surface area contributed by atoms with Gasteiger partial charge in [-0.25, -0.2) is 33.4 Å². The van der Waals surface area contributed by atoms with Gasteiger partial charge in [0, 0.05) is 43.0 Å². The number of hydrogen-bond donors (Lipinski definition) is 6. The van der Waals surface area contributed by atoms with Crippen LogP contribution in [0.5, 0.6) is 0 Å². The molecular formula is C38H38F4I2N4O6. The second kappa shape index (κ2) is 17.5. The van der Waals surface area contributed by atoms with Crippen LogP contribution in [0.2, 0.25) is 0 Å². The zero-order valence-electron chi connectivity index (χ0n) is 29.4. The summed E-state index contributed by atoms with van der Waals surface area (Å²) in [6.45, 7) is 5.31. The Balaban J connectivity index is 0.000000208. The number of nitrogens with one attached hydrogen (secondary N) is 4. The molecule has 16 heteroatoms.